The summed E-state index contributed by atoms with van der Waals surface area (Å²) in [6, 6.07) is 22.0. The quantitative estimate of drug-likeness (QED) is 0.504. The van der Waals surface area contributed by atoms with Crippen LogP contribution >= 0.6 is 0 Å². The number of rotatable bonds is 4. The van der Waals surface area contributed by atoms with Crippen LogP contribution in [0.15, 0.2) is 79.0 Å². The maximum Gasteiger partial charge on any atom is 0.248 e. The summed E-state index contributed by atoms with van der Waals surface area (Å²) in [5.41, 5.74) is 3.80. The number of hydrogen-bond acceptors (Lipinski definition) is 2. The summed E-state index contributed by atoms with van der Waals surface area (Å²) in [7, 11) is 1.98. The van der Waals surface area contributed by atoms with Crippen molar-refractivity contribution >= 4 is 28.4 Å². The molecule has 0 atom stereocenters. The van der Waals surface area contributed by atoms with Crippen LogP contribution < -0.4 is 5.32 Å². The molecular formula is C24H21N3O. The smallest absolute Gasteiger partial charge is 0.248 e. The standard InChI is InChI=1S/C24H21N3O/c1-17-25-16-23(27(17)2)20-10-6-11-21(15-20)26-24(28)14-13-19-9-5-8-18-7-3-4-12-22(18)19/h3-16H,1-2H3,(H,26,28)/b14-13-. The van der Waals surface area contributed by atoms with E-state index in [1.54, 1.807) is 6.08 Å². The second kappa shape index (κ2) is 7.53. The Bertz CT molecular complexity index is 1180. The van der Waals surface area contributed by atoms with E-state index >= 15 is 0 Å². The Morgan fingerprint density at radius 2 is 1.82 bits per heavy atom. The van der Waals surface area contributed by atoms with E-state index in [-0.39, 0.29) is 5.91 Å². The number of aryl methyl sites for hydroxylation is 1. The molecule has 1 aromatic heterocycles. The van der Waals surface area contributed by atoms with Gasteiger partial charge in [0.1, 0.15) is 5.82 Å². The Balaban J connectivity index is 1.53. The molecular weight excluding hydrogens is 346 g/mol. The average molecular weight is 367 g/mol. The van der Waals surface area contributed by atoms with Crippen molar-refractivity contribution in [3.8, 4) is 11.3 Å². The molecule has 0 saturated heterocycles. The Labute approximate surface area is 164 Å². The van der Waals surface area contributed by atoms with Crippen LogP contribution in [0.2, 0.25) is 0 Å². The molecule has 4 nitrogen and oxygen atoms in total. The summed E-state index contributed by atoms with van der Waals surface area (Å²) in [5, 5.41) is 5.23. The number of imidazole rings is 1. The molecule has 4 aromatic rings. The average Bonchev–Trinajstić information content (AvgIpc) is 3.05. The van der Waals surface area contributed by atoms with Crippen molar-refractivity contribution < 1.29 is 4.79 Å². The molecule has 0 aliphatic heterocycles. The van der Waals surface area contributed by atoms with Crippen LogP contribution in [-0.2, 0) is 11.8 Å². The van der Waals surface area contributed by atoms with Crippen molar-refractivity contribution in [1.29, 1.82) is 0 Å². The normalized spacial score (nSPS) is 11.2. The van der Waals surface area contributed by atoms with E-state index in [9.17, 15) is 4.79 Å². The van der Waals surface area contributed by atoms with Crippen LogP contribution in [0, 0.1) is 6.92 Å². The third kappa shape index (κ3) is 3.58. The second-order valence-corrected chi connectivity index (χ2v) is 6.72. The first-order valence-corrected chi connectivity index (χ1v) is 9.17. The zero-order valence-corrected chi connectivity index (χ0v) is 15.9. The van der Waals surface area contributed by atoms with Crippen molar-refractivity contribution in [3.05, 3.63) is 90.4 Å². The number of amides is 1. The van der Waals surface area contributed by atoms with Crippen LogP contribution in [0.25, 0.3) is 28.1 Å². The third-order valence-corrected chi connectivity index (χ3v) is 4.88. The lowest BCUT2D eigenvalue weighted by Gasteiger charge is -2.07. The maximum atomic E-state index is 12.4. The minimum absolute atomic E-state index is 0.161. The summed E-state index contributed by atoms with van der Waals surface area (Å²) in [6.45, 7) is 1.97. The number of nitrogens with zero attached hydrogens (tertiary/aromatic N) is 2. The van der Waals surface area contributed by atoms with Gasteiger partial charge in [-0.05, 0) is 41.5 Å². The molecule has 0 saturated carbocycles. The minimum Gasteiger partial charge on any atom is -0.331 e. The molecule has 0 spiro atoms. The molecule has 0 unspecified atom stereocenters. The van der Waals surface area contributed by atoms with Crippen LogP contribution in [0.1, 0.15) is 11.4 Å². The van der Waals surface area contributed by atoms with Gasteiger partial charge in [0.2, 0.25) is 5.91 Å². The van der Waals surface area contributed by atoms with Gasteiger partial charge in [0.25, 0.3) is 0 Å². The molecule has 3 aromatic carbocycles. The van der Waals surface area contributed by atoms with Crippen LogP contribution in [0.3, 0.4) is 0 Å². The van der Waals surface area contributed by atoms with Crippen molar-refractivity contribution in [2.45, 2.75) is 6.92 Å². The summed E-state index contributed by atoms with van der Waals surface area (Å²) < 4.78 is 2.03. The first kappa shape index (κ1) is 17.7. The van der Waals surface area contributed by atoms with Gasteiger partial charge >= 0.3 is 0 Å². The number of anilines is 1. The predicted octanol–water partition coefficient (Wildman–Crippen LogP) is 5.20. The van der Waals surface area contributed by atoms with Gasteiger partial charge in [-0.15, -0.1) is 0 Å². The number of aromatic nitrogens is 2. The Morgan fingerprint density at radius 1 is 1.04 bits per heavy atom. The Kier molecular flexibility index (Phi) is 4.77. The molecule has 4 rings (SSSR count). The maximum absolute atomic E-state index is 12.4. The van der Waals surface area contributed by atoms with E-state index in [1.807, 2.05) is 79.3 Å². The summed E-state index contributed by atoms with van der Waals surface area (Å²) >= 11 is 0. The fourth-order valence-corrected chi connectivity index (χ4v) is 3.27. The van der Waals surface area contributed by atoms with Crippen LogP contribution in [0.5, 0.6) is 0 Å². The first-order chi connectivity index (χ1) is 13.6. The highest BCUT2D eigenvalue weighted by molar-refractivity contribution is 6.03. The van der Waals surface area contributed by atoms with E-state index in [0.29, 0.717) is 0 Å². The highest BCUT2D eigenvalue weighted by atomic mass is 16.1. The predicted molar refractivity (Wildman–Crippen MR) is 115 cm³/mol. The van der Waals surface area contributed by atoms with Gasteiger partial charge in [0.05, 0.1) is 11.9 Å². The summed E-state index contributed by atoms with van der Waals surface area (Å²) in [6.07, 6.45) is 5.27. The van der Waals surface area contributed by atoms with E-state index in [0.717, 1.165) is 39.1 Å². The topological polar surface area (TPSA) is 46.9 Å². The molecule has 1 amide bonds. The highest BCUT2D eigenvalue weighted by Gasteiger charge is 2.07. The van der Waals surface area contributed by atoms with E-state index in [1.165, 1.54) is 0 Å². The van der Waals surface area contributed by atoms with Gasteiger partial charge in [0, 0.05) is 24.4 Å². The summed E-state index contributed by atoms with van der Waals surface area (Å²) in [5.74, 6) is 0.786. The molecule has 1 heterocycles. The number of carbonyl (C=O) groups excluding carboxylic acids is 1. The van der Waals surface area contributed by atoms with Gasteiger partial charge < -0.3 is 9.88 Å². The van der Waals surface area contributed by atoms with Gasteiger partial charge in [-0.1, -0.05) is 54.6 Å². The number of nitrogens with one attached hydrogen (secondary N) is 1. The molecule has 0 fully saturated rings. The van der Waals surface area contributed by atoms with E-state index in [4.69, 9.17) is 0 Å². The minimum atomic E-state index is -0.161. The van der Waals surface area contributed by atoms with Crippen molar-refractivity contribution in [2.75, 3.05) is 5.32 Å². The Hall–Kier alpha value is -3.66. The fourth-order valence-electron chi connectivity index (χ4n) is 3.27. The van der Waals surface area contributed by atoms with Crippen molar-refractivity contribution in [3.63, 3.8) is 0 Å². The van der Waals surface area contributed by atoms with Crippen molar-refractivity contribution in [2.24, 2.45) is 7.05 Å². The van der Waals surface area contributed by atoms with Crippen LogP contribution in [0.4, 0.5) is 5.69 Å². The molecule has 0 bridgehead atoms. The van der Waals surface area contributed by atoms with Gasteiger partial charge in [-0.2, -0.15) is 0 Å². The van der Waals surface area contributed by atoms with Gasteiger partial charge in [0.15, 0.2) is 0 Å². The van der Waals surface area contributed by atoms with E-state index in [2.05, 4.69) is 28.5 Å². The van der Waals surface area contributed by atoms with Crippen molar-refractivity contribution in [1.82, 2.24) is 9.55 Å². The molecule has 1 N–H and O–H groups in total. The lowest BCUT2D eigenvalue weighted by Crippen LogP contribution is -2.07. The van der Waals surface area contributed by atoms with Gasteiger partial charge in [-0.25, -0.2) is 4.98 Å². The zero-order valence-electron chi connectivity index (χ0n) is 15.9. The number of fused-ring (bicyclic) bond motifs is 1. The molecule has 0 aliphatic carbocycles. The first-order valence-electron chi connectivity index (χ1n) is 9.17. The SMILES string of the molecule is Cc1ncc(-c2cccc(NC(=O)/C=C\c3cccc4ccccc34)c2)n1C. The molecule has 4 heteroatoms. The number of carbonyl (C=O) groups is 1. The zero-order chi connectivity index (χ0) is 19.5. The van der Waals surface area contributed by atoms with Gasteiger partial charge in [-0.3, -0.25) is 4.79 Å². The molecule has 138 valence electrons. The largest absolute Gasteiger partial charge is 0.331 e. The number of benzene rings is 3. The summed E-state index contributed by atoms with van der Waals surface area (Å²) in [4.78, 5) is 16.8. The lowest BCUT2D eigenvalue weighted by molar-refractivity contribution is -0.111. The molecule has 28 heavy (non-hydrogen) atoms. The number of hydrogen-bond donors (Lipinski definition) is 1. The lowest BCUT2D eigenvalue weighted by atomic mass is 10.0. The molecule has 0 radical (unpaired) electrons. The van der Waals surface area contributed by atoms with Crippen LogP contribution in [-0.4, -0.2) is 15.5 Å². The fraction of sp³-hybridized carbons (Fsp3) is 0.0833. The molecule has 0 aliphatic rings. The highest BCUT2D eigenvalue weighted by Crippen LogP contribution is 2.23. The third-order valence-electron chi connectivity index (χ3n) is 4.88. The second-order valence-electron chi connectivity index (χ2n) is 6.72. The monoisotopic (exact) mass is 367 g/mol. The van der Waals surface area contributed by atoms with E-state index < -0.39 is 0 Å². The Morgan fingerprint density at radius 3 is 2.64 bits per heavy atom.